The van der Waals surface area contributed by atoms with Gasteiger partial charge in [-0.1, -0.05) is 38.1 Å². The number of carbonyl (C=O) groups is 2. The van der Waals surface area contributed by atoms with Gasteiger partial charge in [0.25, 0.3) is 0 Å². The number of aliphatic carboxylic acids is 1. The third-order valence-electron chi connectivity index (χ3n) is 4.32. The highest BCUT2D eigenvalue weighted by Crippen LogP contribution is 2.31. The first-order valence-electron chi connectivity index (χ1n) is 7.26. The number of aryl methyl sites for hydroxylation is 1. The molecule has 0 aliphatic carbocycles. The number of amides is 1. The zero-order valence-corrected chi connectivity index (χ0v) is 13.4. The summed E-state index contributed by atoms with van der Waals surface area (Å²) in [5.74, 6) is -1.28. The summed E-state index contributed by atoms with van der Waals surface area (Å²) < 4.78 is 0. The lowest BCUT2D eigenvalue weighted by atomic mass is 9.76. The summed E-state index contributed by atoms with van der Waals surface area (Å²) in [5, 5.41) is 12.3. The molecule has 1 aromatic rings. The van der Waals surface area contributed by atoms with Gasteiger partial charge in [-0.2, -0.15) is 0 Å². The highest BCUT2D eigenvalue weighted by molar-refractivity contribution is 5.85. The minimum Gasteiger partial charge on any atom is -0.481 e. The average Bonchev–Trinajstić information content (AvgIpc) is 2.38. The van der Waals surface area contributed by atoms with E-state index < -0.39 is 11.4 Å². The van der Waals surface area contributed by atoms with Crippen molar-refractivity contribution in [1.82, 2.24) is 5.32 Å². The highest BCUT2D eigenvalue weighted by Gasteiger charge is 2.39. The molecular weight excluding hydrogens is 266 g/mol. The zero-order valence-electron chi connectivity index (χ0n) is 13.4. The Morgan fingerprint density at radius 2 is 1.81 bits per heavy atom. The van der Waals surface area contributed by atoms with Crippen LogP contribution >= 0.6 is 0 Å². The quantitative estimate of drug-likeness (QED) is 0.845. The van der Waals surface area contributed by atoms with Crippen LogP contribution in [0.2, 0.25) is 0 Å². The molecular formula is C17H25NO3. The molecule has 4 heteroatoms. The first-order chi connectivity index (χ1) is 9.68. The molecule has 0 radical (unpaired) electrons. The van der Waals surface area contributed by atoms with Gasteiger partial charge in [0.15, 0.2) is 0 Å². The highest BCUT2D eigenvalue weighted by atomic mass is 16.4. The van der Waals surface area contributed by atoms with Crippen LogP contribution in [0.4, 0.5) is 0 Å². The van der Waals surface area contributed by atoms with E-state index in [1.165, 1.54) is 0 Å². The van der Waals surface area contributed by atoms with Gasteiger partial charge in [0.2, 0.25) is 5.91 Å². The van der Waals surface area contributed by atoms with E-state index in [1.807, 2.05) is 52.0 Å². The SMILES string of the molecule is Cc1ccccc1[C@@H](C)NC(=O)CC(C)(C(=O)O)C(C)C. The van der Waals surface area contributed by atoms with E-state index in [0.717, 1.165) is 11.1 Å². The van der Waals surface area contributed by atoms with E-state index in [0.29, 0.717) is 0 Å². The fourth-order valence-electron chi connectivity index (χ4n) is 2.30. The summed E-state index contributed by atoms with van der Waals surface area (Å²) in [6.07, 6.45) is -0.0176. The lowest BCUT2D eigenvalue weighted by Gasteiger charge is -2.29. The van der Waals surface area contributed by atoms with Gasteiger partial charge in [0, 0.05) is 6.42 Å². The number of carboxylic acid groups (broad SMARTS) is 1. The summed E-state index contributed by atoms with van der Waals surface area (Å²) in [4.78, 5) is 23.6. The molecule has 4 nitrogen and oxygen atoms in total. The third-order valence-corrected chi connectivity index (χ3v) is 4.32. The molecule has 0 spiro atoms. The molecule has 0 heterocycles. The molecule has 21 heavy (non-hydrogen) atoms. The predicted molar refractivity (Wildman–Crippen MR) is 82.9 cm³/mol. The van der Waals surface area contributed by atoms with Crippen molar-refractivity contribution in [3.63, 3.8) is 0 Å². The van der Waals surface area contributed by atoms with Crippen LogP contribution in [-0.2, 0) is 9.59 Å². The fourth-order valence-corrected chi connectivity index (χ4v) is 2.30. The van der Waals surface area contributed by atoms with Gasteiger partial charge in [0.05, 0.1) is 11.5 Å². The molecule has 2 atom stereocenters. The lowest BCUT2D eigenvalue weighted by molar-refractivity contribution is -0.153. The lowest BCUT2D eigenvalue weighted by Crippen LogP contribution is -2.39. The smallest absolute Gasteiger partial charge is 0.310 e. The molecule has 0 aromatic heterocycles. The number of rotatable bonds is 6. The monoisotopic (exact) mass is 291 g/mol. The summed E-state index contributed by atoms with van der Waals surface area (Å²) in [6.45, 7) is 9.18. The van der Waals surface area contributed by atoms with Crippen molar-refractivity contribution in [2.75, 3.05) is 0 Å². The maximum Gasteiger partial charge on any atom is 0.310 e. The van der Waals surface area contributed by atoms with Crippen molar-refractivity contribution in [1.29, 1.82) is 0 Å². The van der Waals surface area contributed by atoms with Crippen molar-refractivity contribution in [2.24, 2.45) is 11.3 Å². The second-order valence-corrected chi connectivity index (χ2v) is 6.20. The van der Waals surface area contributed by atoms with Gasteiger partial charge in [-0.05, 0) is 37.8 Å². The Morgan fingerprint density at radius 1 is 1.24 bits per heavy atom. The number of hydrogen-bond donors (Lipinski definition) is 2. The molecule has 0 saturated heterocycles. The minimum absolute atomic E-state index is 0.0176. The van der Waals surface area contributed by atoms with Gasteiger partial charge in [-0.3, -0.25) is 9.59 Å². The molecule has 0 saturated carbocycles. The molecule has 0 aliphatic rings. The average molecular weight is 291 g/mol. The molecule has 1 amide bonds. The number of hydrogen-bond acceptors (Lipinski definition) is 2. The second kappa shape index (κ2) is 6.74. The Hall–Kier alpha value is -1.84. The topological polar surface area (TPSA) is 66.4 Å². The summed E-state index contributed by atoms with van der Waals surface area (Å²) in [6, 6.07) is 7.71. The van der Waals surface area contributed by atoms with E-state index in [1.54, 1.807) is 6.92 Å². The van der Waals surface area contributed by atoms with E-state index in [-0.39, 0.29) is 24.3 Å². The molecule has 0 fully saturated rings. The molecule has 116 valence electrons. The van der Waals surface area contributed by atoms with Crippen LogP contribution in [0.1, 0.15) is 51.3 Å². The van der Waals surface area contributed by atoms with Crippen LogP contribution < -0.4 is 5.32 Å². The van der Waals surface area contributed by atoms with E-state index >= 15 is 0 Å². The number of nitrogens with one attached hydrogen (secondary N) is 1. The molecule has 2 N–H and O–H groups in total. The van der Waals surface area contributed by atoms with Crippen LogP contribution in [0.15, 0.2) is 24.3 Å². The predicted octanol–water partition coefficient (Wildman–Crippen LogP) is 3.31. The van der Waals surface area contributed by atoms with Crippen LogP contribution in [0.3, 0.4) is 0 Å². The zero-order chi connectivity index (χ0) is 16.2. The summed E-state index contributed by atoms with van der Waals surface area (Å²) >= 11 is 0. The Morgan fingerprint density at radius 3 is 2.29 bits per heavy atom. The molecule has 1 unspecified atom stereocenters. The standard InChI is InChI=1S/C17H25NO3/c1-11(2)17(5,16(20)21)10-15(19)18-13(4)14-9-7-6-8-12(14)3/h6-9,11,13H,10H2,1-5H3,(H,18,19)(H,20,21)/t13-,17?/m1/s1. The maximum absolute atomic E-state index is 12.2. The molecule has 1 rings (SSSR count). The Bertz CT molecular complexity index is 525. The first-order valence-corrected chi connectivity index (χ1v) is 7.26. The normalized spacial score (nSPS) is 15.3. The van der Waals surface area contributed by atoms with Crippen molar-refractivity contribution >= 4 is 11.9 Å². The number of benzene rings is 1. The van der Waals surface area contributed by atoms with Crippen LogP contribution in [-0.4, -0.2) is 17.0 Å². The first kappa shape index (κ1) is 17.2. The van der Waals surface area contributed by atoms with Crippen molar-refractivity contribution < 1.29 is 14.7 Å². The molecule has 1 aromatic carbocycles. The van der Waals surface area contributed by atoms with Crippen molar-refractivity contribution in [2.45, 2.75) is 47.1 Å². The Labute approximate surface area is 126 Å². The summed E-state index contributed by atoms with van der Waals surface area (Å²) in [5.41, 5.74) is 1.11. The molecule has 0 bridgehead atoms. The Kier molecular flexibility index (Phi) is 5.53. The van der Waals surface area contributed by atoms with Gasteiger partial charge in [-0.15, -0.1) is 0 Å². The minimum atomic E-state index is -1.05. The van der Waals surface area contributed by atoms with Crippen molar-refractivity contribution in [3.8, 4) is 0 Å². The largest absolute Gasteiger partial charge is 0.481 e. The van der Waals surface area contributed by atoms with E-state index in [4.69, 9.17) is 0 Å². The number of carbonyl (C=O) groups excluding carboxylic acids is 1. The third kappa shape index (κ3) is 4.06. The van der Waals surface area contributed by atoms with Crippen molar-refractivity contribution in [3.05, 3.63) is 35.4 Å². The second-order valence-electron chi connectivity index (χ2n) is 6.20. The van der Waals surface area contributed by atoms with Crippen LogP contribution in [0.5, 0.6) is 0 Å². The van der Waals surface area contributed by atoms with Gasteiger partial charge in [0.1, 0.15) is 0 Å². The maximum atomic E-state index is 12.2. The van der Waals surface area contributed by atoms with Gasteiger partial charge in [-0.25, -0.2) is 0 Å². The van der Waals surface area contributed by atoms with Crippen LogP contribution in [0.25, 0.3) is 0 Å². The fraction of sp³-hybridized carbons (Fsp3) is 0.529. The Balaban J connectivity index is 2.78. The van der Waals surface area contributed by atoms with Gasteiger partial charge >= 0.3 is 5.97 Å². The van der Waals surface area contributed by atoms with Gasteiger partial charge < -0.3 is 10.4 Å². The van der Waals surface area contributed by atoms with E-state index in [9.17, 15) is 14.7 Å². The number of carboxylic acids is 1. The summed E-state index contributed by atoms with van der Waals surface area (Å²) in [7, 11) is 0. The molecule has 0 aliphatic heterocycles. The van der Waals surface area contributed by atoms with Crippen LogP contribution in [0, 0.1) is 18.3 Å². The van der Waals surface area contributed by atoms with E-state index in [2.05, 4.69) is 5.32 Å².